The summed E-state index contributed by atoms with van der Waals surface area (Å²) in [5.41, 5.74) is 5.84. The summed E-state index contributed by atoms with van der Waals surface area (Å²) < 4.78 is 5.03. The number of halogens is 1. The summed E-state index contributed by atoms with van der Waals surface area (Å²) in [5, 5.41) is 7.07. The van der Waals surface area contributed by atoms with E-state index in [9.17, 15) is 24.0 Å². The lowest BCUT2D eigenvalue weighted by molar-refractivity contribution is -0.132. The fraction of sp³-hybridized carbons (Fsp3) is 0.421. The van der Waals surface area contributed by atoms with Crippen molar-refractivity contribution in [3.8, 4) is 0 Å². The number of amides is 4. The van der Waals surface area contributed by atoms with E-state index in [4.69, 9.17) is 22.1 Å². The molecule has 1 aromatic rings. The predicted molar refractivity (Wildman–Crippen MR) is 108 cm³/mol. The molecule has 0 heterocycles. The van der Waals surface area contributed by atoms with E-state index in [0.29, 0.717) is 0 Å². The van der Waals surface area contributed by atoms with Crippen LogP contribution in [0.2, 0.25) is 0 Å². The van der Waals surface area contributed by atoms with Gasteiger partial charge in [-0.05, 0) is 19.4 Å². The Bertz CT molecular complexity index is 774. The van der Waals surface area contributed by atoms with Gasteiger partial charge in [0.05, 0.1) is 18.3 Å². The van der Waals surface area contributed by atoms with Crippen molar-refractivity contribution in [2.24, 2.45) is 5.73 Å². The molecule has 30 heavy (non-hydrogen) atoms. The van der Waals surface area contributed by atoms with Crippen LogP contribution in [0.25, 0.3) is 0 Å². The number of carbonyl (C=O) groups is 5. The normalized spacial score (nSPS) is 13.3. The van der Waals surface area contributed by atoms with Crippen molar-refractivity contribution in [2.75, 3.05) is 5.88 Å². The molecule has 0 saturated heterocycles. The smallest absolute Gasteiger partial charge is 0.408 e. The highest BCUT2D eigenvalue weighted by Gasteiger charge is 2.26. The van der Waals surface area contributed by atoms with E-state index in [1.165, 1.54) is 13.8 Å². The van der Waals surface area contributed by atoms with Crippen LogP contribution in [0, 0.1) is 0 Å². The molecule has 3 atom stereocenters. The molecule has 164 valence electrons. The number of ether oxygens (including phenoxy) is 1. The molecule has 0 spiro atoms. The fourth-order valence-corrected chi connectivity index (χ4v) is 2.43. The second kappa shape index (κ2) is 12.4. The maximum absolute atomic E-state index is 12.2. The Morgan fingerprint density at radius 3 is 2.10 bits per heavy atom. The van der Waals surface area contributed by atoms with Gasteiger partial charge in [-0.1, -0.05) is 30.3 Å². The van der Waals surface area contributed by atoms with Crippen molar-refractivity contribution in [1.82, 2.24) is 16.0 Å². The van der Waals surface area contributed by atoms with E-state index in [0.717, 1.165) is 5.56 Å². The number of nitrogens with two attached hydrogens (primary N) is 1. The van der Waals surface area contributed by atoms with Gasteiger partial charge < -0.3 is 26.4 Å². The zero-order chi connectivity index (χ0) is 22.7. The third-order valence-electron chi connectivity index (χ3n) is 3.93. The van der Waals surface area contributed by atoms with Crippen LogP contribution >= 0.6 is 11.6 Å². The number of alkyl halides is 1. The molecule has 11 heteroatoms. The minimum absolute atomic E-state index is 0.0374. The lowest BCUT2D eigenvalue weighted by Gasteiger charge is -2.21. The number of hydrogen-bond acceptors (Lipinski definition) is 6. The van der Waals surface area contributed by atoms with Crippen molar-refractivity contribution >= 4 is 41.2 Å². The van der Waals surface area contributed by atoms with Gasteiger partial charge in [0.2, 0.25) is 17.7 Å². The average Bonchev–Trinajstić information content (AvgIpc) is 2.71. The van der Waals surface area contributed by atoms with Crippen molar-refractivity contribution in [3.63, 3.8) is 0 Å². The third-order valence-corrected chi connectivity index (χ3v) is 4.20. The minimum atomic E-state index is -1.18. The van der Waals surface area contributed by atoms with Crippen molar-refractivity contribution in [3.05, 3.63) is 35.9 Å². The summed E-state index contributed by atoms with van der Waals surface area (Å²) >= 11 is 5.46. The molecular formula is C19H25ClN4O6. The first-order chi connectivity index (χ1) is 14.1. The molecule has 0 aromatic heterocycles. The standard InChI is InChI=1S/C19H25ClN4O6/c1-11(18(28)24-14(8-16(21)26)15(25)9-20)22-17(27)12(2)23-19(29)30-10-13-6-4-3-5-7-13/h3-7,11-12,14H,8-10H2,1-2H3,(H2,21,26)(H,22,27)(H,23,29)(H,24,28). The van der Waals surface area contributed by atoms with Gasteiger partial charge in [-0.25, -0.2) is 4.79 Å². The Hall–Kier alpha value is -3.14. The highest BCUT2D eigenvalue weighted by atomic mass is 35.5. The summed E-state index contributed by atoms with van der Waals surface area (Å²) in [4.78, 5) is 59.0. The summed E-state index contributed by atoms with van der Waals surface area (Å²) in [6.07, 6.45) is -1.21. The van der Waals surface area contributed by atoms with Crippen LogP contribution in [-0.2, 0) is 30.5 Å². The number of Topliss-reactive ketones (excluding diaryl/α,β-unsaturated/α-hetero) is 1. The number of alkyl carbamates (subject to hydrolysis) is 1. The molecule has 0 aliphatic carbocycles. The summed E-state index contributed by atoms with van der Waals surface area (Å²) in [5.74, 6) is -3.15. The number of nitrogens with one attached hydrogen (secondary N) is 3. The Kier molecular flexibility index (Phi) is 10.3. The summed E-state index contributed by atoms with van der Waals surface area (Å²) in [6, 6.07) is 5.76. The number of rotatable bonds is 11. The lowest BCUT2D eigenvalue weighted by atomic mass is 10.1. The van der Waals surface area contributed by atoms with Gasteiger partial charge in [0.25, 0.3) is 0 Å². The van der Waals surface area contributed by atoms with Crippen LogP contribution in [0.15, 0.2) is 30.3 Å². The number of hydrogen-bond donors (Lipinski definition) is 4. The molecule has 0 aliphatic rings. The van der Waals surface area contributed by atoms with Crippen LogP contribution in [0.1, 0.15) is 25.8 Å². The molecule has 5 N–H and O–H groups in total. The van der Waals surface area contributed by atoms with Gasteiger partial charge in [0.1, 0.15) is 18.7 Å². The van der Waals surface area contributed by atoms with Gasteiger partial charge in [-0.2, -0.15) is 0 Å². The summed E-state index contributed by atoms with van der Waals surface area (Å²) in [7, 11) is 0. The molecule has 1 aromatic carbocycles. The Balaban J connectivity index is 2.50. The van der Waals surface area contributed by atoms with Crippen molar-refractivity contribution in [2.45, 2.75) is 45.0 Å². The second-order valence-corrected chi connectivity index (χ2v) is 6.76. The third kappa shape index (κ3) is 8.91. The minimum Gasteiger partial charge on any atom is -0.445 e. The quantitative estimate of drug-likeness (QED) is 0.354. The van der Waals surface area contributed by atoms with Gasteiger partial charge in [-0.15, -0.1) is 11.6 Å². The largest absolute Gasteiger partial charge is 0.445 e. The molecule has 10 nitrogen and oxygen atoms in total. The number of benzene rings is 1. The van der Waals surface area contributed by atoms with Crippen LogP contribution in [0.5, 0.6) is 0 Å². The fourth-order valence-electron chi connectivity index (χ4n) is 2.25. The zero-order valence-electron chi connectivity index (χ0n) is 16.6. The topological polar surface area (TPSA) is 157 Å². The maximum Gasteiger partial charge on any atom is 0.408 e. The number of ketones is 1. The van der Waals surface area contributed by atoms with Crippen LogP contribution in [0.3, 0.4) is 0 Å². The molecule has 0 aliphatic heterocycles. The second-order valence-electron chi connectivity index (χ2n) is 6.49. The van der Waals surface area contributed by atoms with E-state index in [2.05, 4.69) is 16.0 Å². The van der Waals surface area contributed by atoms with Crippen molar-refractivity contribution in [1.29, 1.82) is 0 Å². The average molecular weight is 441 g/mol. The Labute approximate surface area is 178 Å². The van der Waals surface area contributed by atoms with Gasteiger partial charge in [0, 0.05) is 0 Å². The molecule has 0 fully saturated rings. The molecular weight excluding hydrogens is 416 g/mol. The maximum atomic E-state index is 12.2. The lowest BCUT2D eigenvalue weighted by Crippen LogP contribution is -2.54. The molecule has 0 radical (unpaired) electrons. The van der Waals surface area contributed by atoms with E-state index < -0.39 is 60.0 Å². The Morgan fingerprint density at radius 1 is 0.967 bits per heavy atom. The molecule has 0 bridgehead atoms. The highest BCUT2D eigenvalue weighted by Crippen LogP contribution is 2.01. The van der Waals surface area contributed by atoms with Gasteiger partial charge in [-0.3, -0.25) is 19.2 Å². The predicted octanol–water partition coefficient (Wildman–Crippen LogP) is -0.0259. The van der Waals surface area contributed by atoms with E-state index in [1.54, 1.807) is 24.3 Å². The van der Waals surface area contributed by atoms with E-state index in [-0.39, 0.29) is 6.61 Å². The molecule has 1 rings (SSSR count). The molecule has 4 amide bonds. The molecule has 3 unspecified atom stereocenters. The first kappa shape index (κ1) is 24.9. The number of carbonyl (C=O) groups excluding carboxylic acids is 5. The Morgan fingerprint density at radius 2 is 1.53 bits per heavy atom. The van der Waals surface area contributed by atoms with E-state index >= 15 is 0 Å². The first-order valence-corrected chi connectivity index (χ1v) is 9.62. The first-order valence-electron chi connectivity index (χ1n) is 9.09. The van der Waals surface area contributed by atoms with Crippen LogP contribution < -0.4 is 21.7 Å². The SMILES string of the molecule is CC(NC(=O)OCc1ccccc1)C(=O)NC(C)C(=O)NC(CC(N)=O)C(=O)CCl. The zero-order valence-corrected chi connectivity index (χ0v) is 17.4. The van der Waals surface area contributed by atoms with Gasteiger partial charge in [0.15, 0.2) is 5.78 Å². The van der Waals surface area contributed by atoms with Crippen LogP contribution in [0.4, 0.5) is 4.79 Å². The summed E-state index contributed by atoms with van der Waals surface area (Å²) in [6.45, 7) is 2.83. The number of primary amides is 1. The highest BCUT2D eigenvalue weighted by molar-refractivity contribution is 6.28. The van der Waals surface area contributed by atoms with E-state index in [1.807, 2.05) is 6.07 Å². The monoisotopic (exact) mass is 440 g/mol. The van der Waals surface area contributed by atoms with Crippen LogP contribution in [-0.4, -0.2) is 53.6 Å². The van der Waals surface area contributed by atoms with Crippen molar-refractivity contribution < 1.29 is 28.7 Å². The molecule has 0 saturated carbocycles. The van der Waals surface area contributed by atoms with Gasteiger partial charge >= 0.3 is 6.09 Å².